The Bertz CT molecular complexity index is 685. The van der Waals surface area contributed by atoms with Crippen LogP contribution in [0.3, 0.4) is 0 Å². The molecule has 10 nitrogen and oxygen atoms in total. The van der Waals surface area contributed by atoms with Gasteiger partial charge in [0.25, 0.3) is 0 Å². The lowest BCUT2D eigenvalue weighted by molar-refractivity contribution is -0.130. The Hall–Kier alpha value is -2.36. The summed E-state index contributed by atoms with van der Waals surface area (Å²) in [5.74, 6) is -0.733. The second kappa shape index (κ2) is 17.2. The number of ether oxygens (including phenoxy) is 2. The fraction of sp³-hybridized carbons (Fsp3) is 0.846. The van der Waals surface area contributed by atoms with Gasteiger partial charge in [-0.05, 0) is 80.1 Å². The van der Waals surface area contributed by atoms with Gasteiger partial charge >= 0.3 is 12.2 Å². The zero-order valence-electron chi connectivity index (χ0n) is 23.5. The van der Waals surface area contributed by atoms with Gasteiger partial charge in [0.05, 0.1) is 6.04 Å². The standard InChI is InChI=1S/C26H50N4O6/c1-8-15-28-22(32)19(13-9-11-16-29-23(33)35-25(2,3)4)18-21(31)20(27)14-10-12-17-30-24(34)36-26(5,6)7/h19-20H,8-18,27H2,1-7H3,(H,28,32)(H,29,33)(H,30,34)/t19-,20+/m1/s1. The molecule has 0 radical (unpaired) electrons. The van der Waals surface area contributed by atoms with E-state index in [4.69, 9.17) is 15.2 Å². The minimum Gasteiger partial charge on any atom is -0.444 e. The number of ketones is 1. The van der Waals surface area contributed by atoms with Gasteiger partial charge in [0.1, 0.15) is 17.0 Å². The van der Waals surface area contributed by atoms with Crippen molar-refractivity contribution >= 4 is 23.9 Å². The van der Waals surface area contributed by atoms with Gasteiger partial charge in [0, 0.05) is 32.0 Å². The number of Topliss-reactive ketones (excluding diaryl/α,β-unsaturated/α-hetero) is 1. The average Bonchev–Trinajstić information content (AvgIpc) is 2.73. The van der Waals surface area contributed by atoms with Crippen LogP contribution in [0, 0.1) is 5.92 Å². The maximum atomic E-state index is 12.7. The van der Waals surface area contributed by atoms with Crippen molar-refractivity contribution in [1.82, 2.24) is 16.0 Å². The average molecular weight is 515 g/mol. The zero-order valence-corrected chi connectivity index (χ0v) is 23.5. The molecule has 0 bridgehead atoms. The number of carbonyl (C=O) groups excluding carboxylic acids is 4. The monoisotopic (exact) mass is 514 g/mol. The Morgan fingerprint density at radius 2 is 1.19 bits per heavy atom. The van der Waals surface area contributed by atoms with E-state index in [-0.39, 0.29) is 18.1 Å². The van der Waals surface area contributed by atoms with Crippen LogP contribution >= 0.6 is 0 Å². The maximum absolute atomic E-state index is 12.7. The van der Waals surface area contributed by atoms with Crippen molar-refractivity contribution in [3.63, 3.8) is 0 Å². The molecule has 5 N–H and O–H groups in total. The molecule has 0 aliphatic carbocycles. The summed E-state index contributed by atoms with van der Waals surface area (Å²) in [7, 11) is 0. The normalized spacial score (nSPS) is 13.3. The molecule has 0 aromatic rings. The molecule has 10 heteroatoms. The molecule has 36 heavy (non-hydrogen) atoms. The number of unbranched alkanes of at least 4 members (excludes halogenated alkanes) is 2. The van der Waals surface area contributed by atoms with Crippen molar-refractivity contribution in [2.75, 3.05) is 19.6 Å². The van der Waals surface area contributed by atoms with Crippen LogP contribution in [0.15, 0.2) is 0 Å². The first kappa shape index (κ1) is 33.6. The van der Waals surface area contributed by atoms with E-state index in [1.165, 1.54) is 0 Å². The summed E-state index contributed by atoms with van der Waals surface area (Å²) in [6.45, 7) is 14.2. The van der Waals surface area contributed by atoms with Gasteiger partial charge in [-0.3, -0.25) is 9.59 Å². The van der Waals surface area contributed by atoms with E-state index >= 15 is 0 Å². The van der Waals surface area contributed by atoms with Gasteiger partial charge in [0.2, 0.25) is 5.91 Å². The SMILES string of the molecule is CCCNC(=O)[C@H](CCCCNC(=O)OC(C)(C)C)CC(=O)[C@@H](N)CCCCNC(=O)OC(C)(C)C. The third-order valence-electron chi connectivity index (χ3n) is 5.04. The smallest absolute Gasteiger partial charge is 0.407 e. The molecule has 0 aromatic carbocycles. The van der Waals surface area contributed by atoms with E-state index < -0.39 is 35.3 Å². The molecule has 0 heterocycles. The Morgan fingerprint density at radius 1 is 0.722 bits per heavy atom. The number of alkyl carbamates (subject to hydrolysis) is 2. The fourth-order valence-corrected chi connectivity index (χ4v) is 3.29. The fourth-order valence-electron chi connectivity index (χ4n) is 3.29. The summed E-state index contributed by atoms with van der Waals surface area (Å²) in [6.07, 6.45) is 3.67. The lowest BCUT2D eigenvalue weighted by atomic mass is 9.91. The zero-order chi connectivity index (χ0) is 27.8. The number of carbonyl (C=O) groups is 4. The van der Waals surface area contributed by atoms with E-state index in [2.05, 4.69) is 16.0 Å². The summed E-state index contributed by atoms with van der Waals surface area (Å²) in [4.78, 5) is 48.7. The largest absolute Gasteiger partial charge is 0.444 e. The topological polar surface area (TPSA) is 149 Å². The molecule has 0 aliphatic heterocycles. The van der Waals surface area contributed by atoms with Crippen LogP contribution in [0.25, 0.3) is 0 Å². The summed E-state index contributed by atoms with van der Waals surface area (Å²) >= 11 is 0. The minimum absolute atomic E-state index is 0.0897. The minimum atomic E-state index is -0.651. The van der Waals surface area contributed by atoms with Gasteiger partial charge in [-0.15, -0.1) is 0 Å². The quantitative estimate of drug-likeness (QED) is 0.229. The Labute approximate surface area is 217 Å². The number of amides is 3. The van der Waals surface area contributed by atoms with Crippen LogP contribution in [-0.2, 0) is 19.1 Å². The Kier molecular flexibility index (Phi) is 16.0. The number of rotatable bonds is 16. The molecule has 0 spiro atoms. The molecule has 0 saturated heterocycles. The van der Waals surface area contributed by atoms with E-state index in [1.54, 1.807) is 41.5 Å². The van der Waals surface area contributed by atoms with Crippen molar-refractivity contribution < 1.29 is 28.7 Å². The Balaban J connectivity index is 4.46. The molecule has 0 fully saturated rings. The predicted octanol–water partition coefficient (Wildman–Crippen LogP) is 3.81. The van der Waals surface area contributed by atoms with Gasteiger partial charge in [-0.25, -0.2) is 9.59 Å². The molecule has 210 valence electrons. The molecule has 0 rings (SSSR count). The lowest BCUT2D eigenvalue weighted by Crippen LogP contribution is -2.37. The first-order chi connectivity index (χ1) is 16.6. The molecule has 0 aromatic heterocycles. The van der Waals surface area contributed by atoms with E-state index in [9.17, 15) is 19.2 Å². The van der Waals surface area contributed by atoms with Crippen molar-refractivity contribution in [2.24, 2.45) is 11.7 Å². The van der Waals surface area contributed by atoms with Gasteiger partial charge < -0.3 is 31.2 Å². The molecule has 3 amide bonds. The summed E-state index contributed by atoms with van der Waals surface area (Å²) < 4.78 is 10.4. The molecule has 0 saturated carbocycles. The number of hydrogen-bond donors (Lipinski definition) is 4. The van der Waals surface area contributed by atoms with Crippen LogP contribution in [0.4, 0.5) is 9.59 Å². The second-order valence-electron chi connectivity index (χ2n) is 11.1. The maximum Gasteiger partial charge on any atom is 0.407 e. The van der Waals surface area contributed by atoms with Gasteiger partial charge in [-0.1, -0.05) is 13.3 Å². The first-order valence-corrected chi connectivity index (χ1v) is 13.1. The van der Waals surface area contributed by atoms with Crippen LogP contribution in [0.5, 0.6) is 0 Å². The molecular weight excluding hydrogens is 464 g/mol. The van der Waals surface area contributed by atoms with Crippen LogP contribution in [-0.4, -0.2) is 60.8 Å². The van der Waals surface area contributed by atoms with E-state index in [0.717, 1.165) is 6.42 Å². The van der Waals surface area contributed by atoms with Crippen LogP contribution < -0.4 is 21.7 Å². The summed E-state index contributed by atoms with van der Waals surface area (Å²) in [5.41, 5.74) is 4.99. The number of nitrogens with two attached hydrogens (primary N) is 1. The highest BCUT2D eigenvalue weighted by Crippen LogP contribution is 2.16. The number of hydrogen-bond acceptors (Lipinski definition) is 7. The van der Waals surface area contributed by atoms with Gasteiger partial charge in [0.15, 0.2) is 0 Å². The van der Waals surface area contributed by atoms with Crippen molar-refractivity contribution in [2.45, 2.75) is 117 Å². The molecule has 0 unspecified atom stereocenters. The number of nitrogens with one attached hydrogen (secondary N) is 3. The molecule has 2 atom stereocenters. The lowest BCUT2D eigenvalue weighted by Gasteiger charge is -2.20. The first-order valence-electron chi connectivity index (χ1n) is 13.1. The third-order valence-corrected chi connectivity index (χ3v) is 5.04. The van der Waals surface area contributed by atoms with Gasteiger partial charge in [-0.2, -0.15) is 0 Å². The summed E-state index contributed by atoms with van der Waals surface area (Å²) in [5, 5.41) is 8.26. The van der Waals surface area contributed by atoms with Crippen LogP contribution in [0.2, 0.25) is 0 Å². The highest BCUT2D eigenvalue weighted by Gasteiger charge is 2.24. The third kappa shape index (κ3) is 18.9. The van der Waals surface area contributed by atoms with E-state index in [1.807, 2.05) is 6.92 Å². The second-order valence-corrected chi connectivity index (χ2v) is 11.1. The summed E-state index contributed by atoms with van der Waals surface area (Å²) in [6, 6.07) is -0.651. The van der Waals surface area contributed by atoms with Crippen molar-refractivity contribution in [3.8, 4) is 0 Å². The predicted molar refractivity (Wildman–Crippen MR) is 141 cm³/mol. The van der Waals surface area contributed by atoms with Crippen molar-refractivity contribution in [1.29, 1.82) is 0 Å². The Morgan fingerprint density at radius 3 is 1.64 bits per heavy atom. The highest BCUT2D eigenvalue weighted by molar-refractivity contribution is 5.89. The molecule has 0 aliphatic rings. The highest BCUT2D eigenvalue weighted by atomic mass is 16.6. The van der Waals surface area contributed by atoms with Crippen molar-refractivity contribution in [3.05, 3.63) is 0 Å². The van der Waals surface area contributed by atoms with E-state index in [0.29, 0.717) is 58.2 Å². The van der Waals surface area contributed by atoms with Crippen LogP contribution in [0.1, 0.15) is 99.8 Å². The molecular formula is C26H50N4O6.